The summed E-state index contributed by atoms with van der Waals surface area (Å²) < 4.78 is 10.2. The number of nitrogens with zero attached hydrogens (tertiary/aromatic N) is 1. The van der Waals surface area contributed by atoms with Crippen molar-refractivity contribution in [2.24, 2.45) is 5.92 Å². The highest BCUT2D eigenvalue weighted by Crippen LogP contribution is 2.12. The van der Waals surface area contributed by atoms with E-state index in [-0.39, 0.29) is 18.2 Å². The fourth-order valence-corrected chi connectivity index (χ4v) is 2.12. The zero-order chi connectivity index (χ0) is 17.2. The predicted octanol–water partition coefficient (Wildman–Crippen LogP) is 2.23. The first kappa shape index (κ1) is 19.2. The van der Waals surface area contributed by atoms with Crippen LogP contribution in [0.5, 0.6) is 0 Å². The summed E-state index contributed by atoms with van der Waals surface area (Å²) in [6.45, 7) is 7.88. The topological polar surface area (TPSA) is 71.8 Å². The minimum absolute atomic E-state index is 0.0372. The van der Waals surface area contributed by atoms with Gasteiger partial charge in [-0.25, -0.2) is 0 Å². The molecule has 0 fully saturated rings. The van der Waals surface area contributed by atoms with E-state index >= 15 is 0 Å². The lowest BCUT2D eigenvalue weighted by atomic mass is 10.1. The molecule has 0 unspecified atom stereocenters. The number of furan rings is 1. The molecular weight excluding hydrogens is 296 g/mol. The molecule has 0 spiro atoms. The van der Waals surface area contributed by atoms with Crippen LogP contribution >= 0.6 is 0 Å². The van der Waals surface area contributed by atoms with Crippen molar-refractivity contribution in [2.75, 3.05) is 33.4 Å². The van der Waals surface area contributed by atoms with Crippen LogP contribution in [0.2, 0.25) is 0 Å². The van der Waals surface area contributed by atoms with Gasteiger partial charge < -0.3 is 19.4 Å². The van der Waals surface area contributed by atoms with E-state index in [1.807, 2.05) is 0 Å². The molecule has 0 aliphatic carbocycles. The summed E-state index contributed by atoms with van der Waals surface area (Å²) in [5.41, 5.74) is 0.529. The quantitative estimate of drug-likeness (QED) is 0.716. The van der Waals surface area contributed by atoms with Gasteiger partial charge in [0.05, 0.1) is 18.4 Å². The highest BCUT2D eigenvalue weighted by molar-refractivity contribution is 5.95. The molecule has 2 amide bonds. The first-order valence-electron chi connectivity index (χ1n) is 8.04. The molecule has 6 nitrogen and oxygen atoms in total. The Bertz CT molecular complexity index is 497. The normalized spacial score (nSPS) is 10.8. The fraction of sp³-hybridized carbons (Fsp3) is 0.647. The van der Waals surface area contributed by atoms with Crippen molar-refractivity contribution in [3.63, 3.8) is 0 Å². The van der Waals surface area contributed by atoms with Crippen LogP contribution in [0.3, 0.4) is 0 Å². The Hall–Kier alpha value is -1.82. The van der Waals surface area contributed by atoms with Crippen LogP contribution in [0.1, 0.15) is 42.8 Å². The van der Waals surface area contributed by atoms with Crippen LogP contribution in [0.15, 0.2) is 16.7 Å². The Balaban J connectivity index is 2.53. The van der Waals surface area contributed by atoms with Gasteiger partial charge in [-0.3, -0.25) is 9.59 Å². The second-order valence-electron chi connectivity index (χ2n) is 5.96. The number of amides is 2. The Kier molecular flexibility index (Phi) is 8.40. The largest absolute Gasteiger partial charge is 0.469 e. The second-order valence-corrected chi connectivity index (χ2v) is 5.96. The number of carbonyl (C=O) groups is 2. The van der Waals surface area contributed by atoms with Gasteiger partial charge in [0.1, 0.15) is 5.76 Å². The minimum atomic E-state index is -0.136. The maximum atomic E-state index is 12.5. The lowest BCUT2D eigenvalue weighted by Gasteiger charge is -2.22. The van der Waals surface area contributed by atoms with Crippen LogP contribution in [0, 0.1) is 12.8 Å². The van der Waals surface area contributed by atoms with Gasteiger partial charge in [-0.05, 0) is 25.3 Å². The van der Waals surface area contributed by atoms with E-state index in [0.29, 0.717) is 43.5 Å². The Labute approximate surface area is 138 Å². The second kappa shape index (κ2) is 10.0. The molecule has 0 radical (unpaired) electrons. The highest BCUT2D eigenvalue weighted by Gasteiger charge is 2.19. The van der Waals surface area contributed by atoms with E-state index in [1.54, 1.807) is 25.0 Å². The molecule has 0 aliphatic rings. The summed E-state index contributed by atoms with van der Waals surface area (Å²) in [5, 5.41) is 2.88. The maximum absolute atomic E-state index is 12.5. The van der Waals surface area contributed by atoms with E-state index in [1.165, 1.54) is 6.26 Å². The Morgan fingerprint density at radius 2 is 2.09 bits per heavy atom. The molecule has 6 heteroatoms. The number of rotatable bonds is 10. The lowest BCUT2D eigenvalue weighted by molar-refractivity contribution is -0.121. The van der Waals surface area contributed by atoms with Gasteiger partial charge in [-0.1, -0.05) is 13.8 Å². The smallest absolute Gasteiger partial charge is 0.257 e. The first-order valence-corrected chi connectivity index (χ1v) is 8.04. The number of carbonyl (C=O) groups excluding carboxylic acids is 2. The van der Waals surface area contributed by atoms with E-state index in [0.717, 1.165) is 6.42 Å². The third kappa shape index (κ3) is 6.86. The Morgan fingerprint density at radius 1 is 1.35 bits per heavy atom. The van der Waals surface area contributed by atoms with E-state index in [4.69, 9.17) is 9.15 Å². The van der Waals surface area contributed by atoms with Gasteiger partial charge in [-0.15, -0.1) is 0 Å². The molecule has 0 saturated carbocycles. The van der Waals surface area contributed by atoms with E-state index in [9.17, 15) is 9.59 Å². The molecule has 1 heterocycles. The summed E-state index contributed by atoms with van der Waals surface area (Å²) in [6, 6.07) is 1.65. The number of aryl methyl sites for hydroxylation is 1. The summed E-state index contributed by atoms with van der Waals surface area (Å²) >= 11 is 0. The molecule has 1 N–H and O–H groups in total. The van der Waals surface area contributed by atoms with Crippen LogP contribution in [0.25, 0.3) is 0 Å². The molecule has 0 saturated heterocycles. The molecule has 23 heavy (non-hydrogen) atoms. The van der Waals surface area contributed by atoms with E-state index in [2.05, 4.69) is 19.2 Å². The first-order chi connectivity index (χ1) is 11.0. The van der Waals surface area contributed by atoms with Gasteiger partial charge in [0.2, 0.25) is 5.91 Å². The van der Waals surface area contributed by atoms with Crippen LogP contribution in [0.4, 0.5) is 0 Å². The minimum Gasteiger partial charge on any atom is -0.469 e. The van der Waals surface area contributed by atoms with Gasteiger partial charge in [-0.2, -0.15) is 0 Å². The van der Waals surface area contributed by atoms with Crippen molar-refractivity contribution in [2.45, 2.75) is 33.6 Å². The summed E-state index contributed by atoms with van der Waals surface area (Å²) in [7, 11) is 1.59. The lowest BCUT2D eigenvalue weighted by Crippen LogP contribution is -2.37. The maximum Gasteiger partial charge on any atom is 0.257 e. The molecule has 130 valence electrons. The number of ether oxygens (including phenoxy) is 1. The number of nitrogens with one attached hydrogen (secondary N) is 1. The summed E-state index contributed by atoms with van der Waals surface area (Å²) in [5.74, 6) is 0.964. The molecular formula is C17H28N2O4. The average Bonchev–Trinajstić information content (AvgIpc) is 2.92. The monoisotopic (exact) mass is 324 g/mol. The van der Waals surface area contributed by atoms with Crippen molar-refractivity contribution >= 4 is 11.8 Å². The molecule has 0 aromatic carbocycles. The Morgan fingerprint density at radius 3 is 2.65 bits per heavy atom. The highest BCUT2D eigenvalue weighted by atomic mass is 16.5. The van der Waals surface area contributed by atoms with Crippen molar-refractivity contribution < 1.29 is 18.7 Å². The third-order valence-corrected chi connectivity index (χ3v) is 3.59. The zero-order valence-corrected chi connectivity index (χ0v) is 14.6. The van der Waals surface area contributed by atoms with Crippen LogP contribution in [-0.2, 0) is 9.53 Å². The summed E-state index contributed by atoms with van der Waals surface area (Å²) in [4.78, 5) is 26.0. The van der Waals surface area contributed by atoms with Gasteiger partial charge in [0.15, 0.2) is 0 Å². The van der Waals surface area contributed by atoms with Crippen molar-refractivity contribution in [1.29, 1.82) is 0 Å². The summed E-state index contributed by atoms with van der Waals surface area (Å²) in [6.07, 6.45) is 2.73. The number of methoxy groups -OCH3 is 1. The number of hydrogen-bond donors (Lipinski definition) is 1. The predicted molar refractivity (Wildman–Crippen MR) is 88.3 cm³/mol. The SMILES string of the molecule is COCCN(CCC(=O)NCCC(C)C)C(=O)c1ccoc1C. The fourth-order valence-electron chi connectivity index (χ4n) is 2.12. The molecule has 1 aromatic rings. The molecule has 0 aliphatic heterocycles. The van der Waals surface area contributed by atoms with Gasteiger partial charge >= 0.3 is 0 Å². The van der Waals surface area contributed by atoms with Crippen LogP contribution in [-0.4, -0.2) is 50.1 Å². The van der Waals surface area contributed by atoms with Gasteiger partial charge in [0, 0.05) is 33.2 Å². The van der Waals surface area contributed by atoms with Crippen molar-refractivity contribution in [1.82, 2.24) is 10.2 Å². The molecule has 0 bridgehead atoms. The third-order valence-electron chi connectivity index (χ3n) is 3.59. The standard InChI is InChI=1S/C17H28N2O4/c1-13(2)5-8-18-16(20)6-9-19(10-12-22-4)17(21)15-7-11-23-14(15)3/h7,11,13H,5-6,8-10,12H2,1-4H3,(H,18,20). The van der Waals surface area contributed by atoms with E-state index < -0.39 is 0 Å². The van der Waals surface area contributed by atoms with Crippen molar-refractivity contribution in [3.05, 3.63) is 23.7 Å². The van der Waals surface area contributed by atoms with Gasteiger partial charge in [0.25, 0.3) is 5.91 Å². The van der Waals surface area contributed by atoms with Crippen LogP contribution < -0.4 is 5.32 Å². The number of hydrogen-bond acceptors (Lipinski definition) is 4. The average molecular weight is 324 g/mol. The molecule has 0 atom stereocenters. The molecule has 1 rings (SSSR count). The zero-order valence-electron chi connectivity index (χ0n) is 14.6. The molecule has 1 aromatic heterocycles. The van der Waals surface area contributed by atoms with Crippen molar-refractivity contribution in [3.8, 4) is 0 Å².